The average molecular weight is 640 g/mol. The Morgan fingerprint density at radius 2 is 1.93 bits per heavy atom. The third-order valence-corrected chi connectivity index (χ3v) is 11.6. The first-order valence-corrected chi connectivity index (χ1v) is 16.0. The molecular weight excluding hydrogens is 600 g/mol. The molecule has 3 amide bonds. The van der Waals surface area contributed by atoms with Crippen LogP contribution in [-0.2, 0) is 19.1 Å². The number of aliphatic hydroxyl groups excluding tert-OH is 1. The molecule has 10 nitrogen and oxygen atoms in total. The standard InChI is InChI=1S/C28H39BrN4O6S/c1-2-39-19-7-5-18(6-8-19)31-25(35)21-22-27(37)33(10-3-4-14-34)24(28(22)17-20(29)23(21)40-28)26(36)30-9-11-32-12-15-38-16-13-32/h5-8,20-24,34H,2-4,9-17H2,1H3,(H,30,36)(H,31,35)/t20?,21-,22+,23-,24?,28?/m1/s1. The highest BCUT2D eigenvalue weighted by atomic mass is 79.9. The molecular formula is C28H39BrN4O6S. The summed E-state index contributed by atoms with van der Waals surface area (Å²) in [7, 11) is 0. The minimum Gasteiger partial charge on any atom is -0.494 e. The fourth-order valence-corrected chi connectivity index (χ4v) is 10.3. The number of morpholine rings is 1. The highest BCUT2D eigenvalue weighted by Gasteiger charge is 2.75. The minimum atomic E-state index is -0.682. The van der Waals surface area contributed by atoms with Crippen molar-refractivity contribution in [1.29, 1.82) is 0 Å². The third-order valence-electron chi connectivity index (χ3n) is 8.41. The highest BCUT2D eigenvalue weighted by Crippen LogP contribution is 2.67. The summed E-state index contributed by atoms with van der Waals surface area (Å²) in [6.45, 7) is 7.16. The Balaban J connectivity index is 1.35. The summed E-state index contributed by atoms with van der Waals surface area (Å²) in [5.74, 6) is -0.907. The number of amides is 3. The van der Waals surface area contributed by atoms with Crippen LogP contribution in [0.5, 0.6) is 5.75 Å². The van der Waals surface area contributed by atoms with Crippen LogP contribution in [0.15, 0.2) is 24.3 Å². The number of hydrogen-bond donors (Lipinski definition) is 3. The van der Waals surface area contributed by atoms with E-state index in [-0.39, 0.29) is 34.4 Å². The summed E-state index contributed by atoms with van der Waals surface area (Å²) in [6.07, 6.45) is 1.78. The molecule has 4 saturated heterocycles. The number of alkyl halides is 1. The van der Waals surface area contributed by atoms with Gasteiger partial charge in [0.05, 0.1) is 36.4 Å². The lowest BCUT2D eigenvalue weighted by Gasteiger charge is -2.35. The van der Waals surface area contributed by atoms with Crippen LogP contribution in [0.1, 0.15) is 26.2 Å². The number of rotatable bonds is 12. The molecule has 4 heterocycles. The number of benzene rings is 1. The topological polar surface area (TPSA) is 120 Å². The third kappa shape index (κ3) is 5.74. The van der Waals surface area contributed by atoms with Gasteiger partial charge in [-0.3, -0.25) is 19.3 Å². The largest absolute Gasteiger partial charge is 0.494 e. The molecule has 1 aromatic carbocycles. The van der Waals surface area contributed by atoms with E-state index in [1.165, 1.54) is 0 Å². The maximum absolute atomic E-state index is 14.0. The van der Waals surface area contributed by atoms with Crippen molar-refractivity contribution in [2.24, 2.45) is 11.8 Å². The van der Waals surface area contributed by atoms with Crippen molar-refractivity contribution in [2.75, 3.05) is 64.5 Å². The molecule has 220 valence electrons. The number of carbonyl (C=O) groups is 3. The molecule has 0 saturated carbocycles. The first kappa shape index (κ1) is 29.6. The van der Waals surface area contributed by atoms with Crippen molar-refractivity contribution < 1.29 is 29.0 Å². The zero-order chi connectivity index (χ0) is 28.3. The van der Waals surface area contributed by atoms with Gasteiger partial charge in [-0.25, -0.2) is 0 Å². The van der Waals surface area contributed by atoms with Crippen molar-refractivity contribution in [3.05, 3.63) is 24.3 Å². The van der Waals surface area contributed by atoms with Crippen molar-refractivity contribution in [3.8, 4) is 5.75 Å². The molecule has 5 rings (SSSR count). The minimum absolute atomic E-state index is 0.0127. The van der Waals surface area contributed by atoms with Gasteiger partial charge in [0, 0.05) is 55.1 Å². The predicted octanol–water partition coefficient (Wildman–Crippen LogP) is 1.71. The number of nitrogens with one attached hydrogen (secondary N) is 2. The molecule has 4 fully saturated rings. The van der Waals surface area contributed by atoms with E-state index in [4.69, 9.17) is 9.47 Å². The fourth-order valence-electron chi connectivity index (χ4n) is 6.65. The molecule has 0 aromatic heterocycles. The highest BCUT2D eigenvalue weighted by molar-refractivity contribution is 9.09. The SMILES string of the molecule is CCOc1ccc(NC(=O)[C@H]2[C@@H]3SC4(CC3Br)C(C(=O)NCCN3CCOCC3)N(CCCCO)C(=O)[C@H]24)cc1. The van der Waals surface area contributed by atoms with Gasteiger partial charge in [-0.2, -0.15) is 0 Å². The van der Waals surface area contributed by atoms with Gasteiger partial charge in [0.2, 0.25) is 17.7 Å². The van der Waals surface area contributed by atoms with E-state index in [1.54, 1.807) is 28.8 Å². The van der Waals surface area contributed by atoms with Gasteiger partial charge in [0.25, 0.3) is 0 Å². The van der Waals surface area contributed by atoms with Crippen LogP contribution in [0.3, 0.4) is 0 Å². The van der Waals surface area contributed by atoms with Crippen LogP contribution in [0.4, 0.5) is 5.69 Å². The summed E-state index contributed by atoms with van der Waals surface area (Å²) in [6, 6.07) is 6.56. The lowest BCUT2D eigenvalue weighted by atomic mass is 9.70. The number of anilines is 1. The van der Waals surface area contributed by atoms with Gasteiger partial charge in [-0.05, 0) is 50.5 Å². The summed E-state index contributed by atoms with van der Waals surface area (Å²) < 4.78 is 10.2. The van der Waals surface area contributed by atoms with Crippen LogP contribution in [0.25, 0.3) is 0 Å². The van der Waals surface area contributed by atoms with Crippen LogP contribution >= 0.6 is 27.7 Å². The molecule has 6 atom stereocenters. The first-order chi connectivity index (χ1) is 19.4. The van der Waals surface area contributed by atoms with Crippen LogP contribution in [0, 0.1) is 11.8 Å². The zero-order valence-corrected chi connectivity index (χ0v) is 25.3. The van der Waals surface area contributed by atoms with E-state index < -0.39 is 22.6 Å². The Bertz CT molecular complexity index is 1070. The van der Waals surface area contributed by atoms with Crippen LogP contribution < -0.4 is 15.4 Å². The van der Waals surface area contributed by atoms with Gasteiger partial charge >= 0.3 is 0 Å². The lowest BCUT2D eigenvalue weighted by molar-refractivity contribution is -0.139. The molecule has 3 N–H and O–H groups in total. The van der Waals surface area contributed by atoms with Gasteiger partial charge in [-0.1, -0.05) is 15.9 Å². The Kier molecular flexibility index (Phi) is 9.61. The number of hydrogen-bond acceptors (Lipinski definition) is 8. The van der Waals surface area contributed by atoms with Crippen molar-refractivity contribution >= 4 is 51.1 Å². The summed E-state index contributed by atoms with van der Waals surface area (Å²) in [5, 5.41) is 15.4. The van der Waals surface area contributed by atoms with E-state index in [9.17, 15) is 19.5 Å². The number of nitrogens with zero attached hydrogens (tertiary/aromatic N) is 2. The molecule has 0 aliphatic carbocycles. The van der Waals surface area contributed by atoms with Crippen LogP contribution in [0.2, 0.25) is 0 Å². The first-order valence-electron chi connectivity index (χ1n) is 14.2. The molecule has 4 aliphatic rings. The zero-order valence-electron chi connectivity index (χ0n) is 22.9. The average Bonchev–Trinajstić information content (AvgIpc) is 3.54. The summed E-state index contributed by atoms with van der Waals surface area (Å²) in [4.78, 5) is 45.6. The van der Waals surface area contributed by atoms with Crippen LogP contribution in [-0.4, -0.2) is 113 Å². The smallest absolute Gasteiger partial charge is 0.244 e. The molecule has 40 heavy (non-hydrogen) atoms. The maximum Gasteiger partial charge on any atom is 0.244 e. The molecule has 0 radical (unpaired) electrons. The molecule has 2 bridgehead atoms. The van der Waals surface area contributed by atoms with Gasteiger partial charge < -0.3 is 30.1 Å². The van der Waals surface area contributed by atoms with Gasteiger partial charge in [0.15, 0.2) is 0 Å². The molecule has 12 heteroatoms. The fraction of sp³-hybridized carbons (Fsp3) is 0.679. The second kappa shape index (κ2) is 13.0. The van der Waals surface area contributed by atoms with E-state index in [0.29, 0.717) is 57.9 Å². The predicted molar refractivity (Wildman–Crippen MR) is 157 cm³/mol. The summed E-state index contributed by atoms with van der Waals surface area (Å²) in [5.41, 5.74) is 0.643. The quantitative estimate of drug-likeness (QED) is 0.234. The Labute approximate surface area is 248 Å². The van der Waals surface area contributed by atoms with Crippen molar-refractivity contribution in [1.82, 2.24) is 15.1 Å². The molecule has 1 aromatic rings. The number of thioether (sulfide) groups is 1. The Morgan fingerprint density at radius 3 is 2.62 bits per heavy atom. The number of likely N-dealkylation sites (tertiary alicyclic amines) is 1. The van der Waals surface area contributed by atoms with E-state index >= 15 is 0 Å². The summed E-state index contributed by atoms with van der Waals surface area (Å²) >= 11 is 5.43. The second-order valence-corrected chi connectivity index (χ2v) is 13.5. The van der Waals surface area contributed by atoms with E-state index in [0.717, 1.165) is 25.4 Å². The number of carbonyl (C=O) groups excluding carboxylic acids is 3. The Hall–Kier alpha value is -1.86. The molecule has 4 aliphatic heterocycles. The lowest BCUT2D eigenvalue weighted by Crippen LogP contribution is -2.55. The second-order valence-electron chi connectivity index (χ2n) is 10.8. The number of fused-ring (bicyclic) bond motifs is 1. The maximum atomic E-state index is 14.0. The van der Waals surface area contributed by atoms with Gasteiger partial charge in [-0.15, -0.1) is 11.8 Å². The Morgan fingerprint density at radius 1 is 1.18 bits per heavy atom. The number of halogens is 1. The molecule has 1 spiro atoms. The van der Waals surface area contributed by atoms with E-state index in [2.05, 4.69) is 31.5 Å². The number of aliphatic hydroxyl groups is 1. The number of unbranched alkanes of at least 4 members (excludes halogenated alkanes) is 1. The normalized spacial score (nSPS) is 31.3. The molecule has 3 unspecified atom stereocenters. The van der Waals surface area contributed by atoms with E-state index in [1.807, 2.05) is 19.1 Å². The monoisotopic (exact) mass is 638 g/mol. The van der Waals surface area contributed by atoms with Gasteiger partial charge in [0.1, 0.15) is 11.8 Å². The number of ether oxygens (including phenoxy) is 2. The van der Waals surface area contributed by atoms with Crippen molar-refractivity contribution in [3.63, 3.8) is 0 Å². The van der Waals surface area contributed by atoms with Crippen molar-refractivity contribution in [2.45, 2.75) is 47.1 Å².